The van der Waals surface area contributed by atoms with E-state index in [4.69, 9.17) is 11.1 Å². The number of nitrogens with one attached hydrogen (secondary N) is 2. The molecule has 0 saturated heterocycles. The summed E-state index contributed by atoms with van der Waals surface area (Å²) >= 11 is -0.154. The number of guanidine groups is 1. The van der Waals surface area contributed by atoms with Crippen LogP contribution in [-0.2, 0) is 6.54 Å². The minimum absolute atomic E-state index is 0.138. The van der Waals surface area contributed by atoms with Crippen molar-refractivity contribution in [3.63, 3.8) is 0 Å². The van der Waals surface area contributed by atoms with Crippen molar-refractivity contribution in [1.82, 2.24) is 5.32 Å². The van der Waals surface area contributed by atoms with Crippen LogP contribution in [0.5, 0.6) is 0 Å². The number of benzene rings is 1. The molecule has 0 saturated carbocycles. The number of rotatable bonds is 3. The summed E-state index contributed by atoms with van der Waals surface area (Å²) in [4.78, 5) is 0.138. The van der Waals surface area contributed by atoms with E-state index < -0.39 is 5.51 Å². The highest BCUT2D eigenvalue weighted by Gasteiger charge is 2.28. The lowest BCUT2D eigenvalue weighted by molar-refractivity contribution is -0.0328. The lowest BCUT2D eigenvalue weighted by Crippen LogP contribution is -2.29. The molecule has 0 aromatic heterocycles. The summed E-state index contributed by atoms with van der Waals surface area (Å²) in [5.41, 5.74) is 1.57. The number of hydrogen-bond donors (Lipinski definition) is 3. The predicted octanol–water partition coefficient (Wildman–Crippen LogP) is 2.28. The fraction of sp³-hybridized carbons (Fsp3) is 0.222. The van der Waals surface area contributed by atoms with Crippen LogP contribution in [0.1, 0.15) is 5.56 Å². The highest BCUT2D eigenvalue weighted by Crippen LogP contribution is 2.36. The van der Waals surface area contributed by atoms with Gasteiger partial charge >= 0.3 is 5.51 Å². The standard InChI is InChI=1S/C9H10F3N3S/c10-9(11,12)16-7-3-1-6(2-4-7)5-15-8(13)14/h1-4H,5H2,(H4,13,14,15). The molecule has 0 unspecified atom stereocenters. The van der Waals surface area contributed by atoms with Gasteiger partial charge in [0.2, 0.25) is 0 Å². The maximum Gasteiger partial charge on any atom is 0.446 e. The lowest BCUT2D eigenvalue weighted by atomic mass is 10.2. The Hall–Kier alpha value is -1.37. The van der Waals surface area contributed by atoms with E-state index in [1.165, 1.54) is 12.1 Å². The molecule has 0 aliphatic heterocycles. The molecule has 4 N–H and O–H groups in total. The smallest absolute Gasteiger partial charge is 0.370 e. The van der Waals surface area contributed by atoms with Crippen molar-refractivity contribution in [2.45, 2.75) is 16.9 Å². The van der Waals surface area contributed by atoms with Crippen LogP contribution in [-0.4, -0.2) is 11.5 Å². The van der Waals surface area contributed by atoms with Gasteiger partial charge in [-0.25, -0.2) is 0 Å². The van der Waals surface area contributed by atoms with Gasteiger partial charge in [-0.3, -0.25) is 5.41 Å². The van der Waals surface area contributed by atoms with Gasteiger partial charge in [-0.15, -0.1) is 0 Å². The summed E-state index contributed by atoms with van der Waals surface area (Å²) in [5.74, 6) is -0.172. The molecule has 16 heavy (non-hydrogen) atoms. The van der Waals surface area contributed by atoms with Crippen LogP contribution in [0.25, 0.3) is 0 Å². The maximum atomic E-state index is 12.0. The summed E-state index contributed by atoms with van der Waals surface area (Å²) in [6.07, 6.45) is 0. The molecule has 0 amide bonds. The van der Waals surface area contributed by atoms with Crippen molar-refractivity contribution in [2.24, 2.45) is 5.73 Å². The molecule has 0 aliphatic carbocycles. The first-order valence-electron chi connectivity index (χ1n) is 4.29. The fourth-order valence-electron chi connectivity index (χ4n) is 1.01. The van der Waals surface area contributed by atoms with E-state index in [-0.39, 0.29) is 22.6 Å². The zero-order valence-electron chi connectivity index (χ0n) is 8.14. The second-order valence-corrected chi connectivity index (χ2v) is 4.10. The number of nitrogens with two attached hydrogens (primary N) is 1. The van der Waals surface area contributed by atoms with Crippen LogP contribution < -0.4 is 11.1 Å². The molecule has 0 spiro atoms. The first-order valence-corrected chi connectivity index (χ1v) is 5.11. The van der Waals surface area contributed by atoms with Crippen LogP contribution in [0.3, 0.4) is 0 Å². The third-order valence-electron chi connectivity index (χ3n) is 1.64. The van der Waals surface area contributed by atoms with Crippen molar-refractivity contribution in [1.29, 1.82) is 5.41 Å². The molecule has 88 valence electrons. The monoisotopic (exact) mass is 249 g/mol. The van der Waals surface area contributed by atoms with E-state index in [0.29, 0.717) is 6.54 Å². The van der Waals surface area contributed by atoms with Gasteiger partial charge in [0.25, 0.3) is 0 Å². The summed E-state index contributed by atoms with van der Waals surface area (Å²) in [7, 11) is 0. The molecule has 0 radical (unpaired) electrons. The quantitative estimate of drug-likeness (QED) is 0.437. The molecule has 7 heteroatoms. The highest BCUT2D eigenvalue weighted by atomic mass is 32.2. The Balaban J connectivity index is 2.57. The second-order valence-electron chi connectivity index (χ2n) is 2.96. The van der Waals surface area contributed by atoms with E-state index in [1.807, 2.05) is 0 Å². The van der Waals surface area contributed by atoms with Crippen LogP contribution in [0.15, 0.2) is 29.2 Å². The van der Waals surface area contributed by atoms with E-state index in [9.17, 15) is 13.2 Å². The molecule has 0 aliphatic rings. The van der Waals surface area contributed by atoms with Gasteiger partial charge in [0.1, 0.15) is 0 Å². The molecule has 1 rings (SSSR count). The van der Waals surface area contributed by atoms with E-state index in [2.05, 4.69) is 5.32 Å². The minimum atomic E-state index is -4.26. The summed E-state index contributed by atoms with van der Waals surface area (Å²) in [5, 5.41) is 9.48. The van der Waals surface area contributed by atoms with Crippen molar-refractivity contribution in [3.05, 3.63) is 29.8 Å². The largest absolute Gasteiger partial charge is 0.446 e. The predicted molar refractivity (Wildman–Crippen MR) is 57.1 cm³/mol. The van der Waals surface area contributed by atoms with Gasteiger partial charge in [0.15, 0.2) is 5.96 Å². The van der Waals surface area contributed by atoms with E-state index >= 15 is 0 Å². The van der Waals surface area contributed by atoms with Crippen LogP contribution in [0.4, 0.5) is 13.2 Å². The first kappa shape index (κ1) is 12.7. The fourth-order valence-corrected chi connectivity index (χ4v) is 1.55. The molecule has 0 heterocycles. The Morgan fingerprint density at radius 1 is 1.31 bits per heavy atom. The topological polar surface area (TPSA) is 61.9 Å². The normalized spacial score (nSPS) is 11.2. The zero-order chi connectivity index (χ0) is 12.2. The van der Waals surface area contributed by atoms with Gasteiger partial charge in [-0.05, 0) is 29.5 Å². The van der Waals surface area contributed by atoms with E-state index in [1.54, 1.807) is 12.1 Å². The van der Waals surface area contributed by atoms with Crippen molar-refractivity contribution >= 4 is 17.7 Å². The van der Waals surface area contributed by atoms with Gasteiger partial charge < -0.3 is 11.1 Å². The average molecular weight is 249 g/mol. The van der Waals surface area contributed by atoms with Crippen LogP contribution in [0, 0.1) is 5.41 Å². The molecule has 0 fully saturated rings. The lowest BCUT2D eigenvalue weighted by Gasteiger charge is -2.07. The Labute approximate surface area is 94.7 Å². The Morgan fingerprint density at radius 3 is 2.31 bits per heavy atom. The third kappa shape index (κ3) is 4.92. The molecule has 0 bridgehead atoms. The molecule has 0 atom stereocenters. The van der Waals surface area contributed by atoms with Gasteiger partial charge in [0.05, 0.1) is 0 Å². The van der Waals surface area contributed by atoms with Gasteiger partial charge in [-0.2, -0.15) is 13.2 Å². The highest BCUT2D eigenvalue weighted by molar-refractivity contribution is 8.00. The molecule has 1 aromatic carbocycles. The van der Waals surface area contributed by atoms with Crippen molar-refractivity contribution in [2.75, 3.05) is 0 Å². The van der Waals surface area contributed by atoms with Gasteiger partial charge in [0, 0.05) is 11.4 Å². The minimum Gasteiger partial charge on any atom is -0.370 e. The van der Waals surface area contributed by atoms with E-state index in [0.717, 1.165) is 5.56 Å². The second kappa shape index (κ2) is 5.11. The SMILES string of the molecule is N=C(N)NCc1ccc(SC(F)(F)F)cc1. The molecule has 1 aromatic rings. The summed E-state index contributed by atoms with van der Waals surface area (Å²) < 4.78 is 36.0. The summed E-state index contributed by atoms with van der Waals surface area (Å²) in [6.45, 7) is 0.326. The Morgan fingerprint density at radius 2 is 1.88 bits per heavy atom. The van der Waals surface area contributed by atoms with Crippen LogP contribution in [0.2, 0.25) is 0 Å². The molecular weight excluding hydrogens is 239 g/mol. The Kier molecular flexibility index (Phi) is 4.05. The van der Waals surface area contributed by atoms with Gasteiger partial charge in [-0.1, -0.05) is 12.1 Å². The van der Waals surface area contributed by atoms with Crippen molar-refractivity contribution < 1.29 is 13.2 Å². The Bertz CT molecular complexity index is 361. The third-order valence-corrected chi connectivity index (χ3v) is 2.38. The number of alkyl halides is 3. The zero-order valence-corrected chi connectivity index (χ0v) is 8.95. The molecule has 3 nitrogen and oxygen atoms in total. The van der Waals surface area contributed by atoms with Crippen LogP contribution >= 0.6 is 11.8 Å². The maximum absolute atomic E-state index is 12.0. The number of halogens is 3. The number of hydrogen-bond acceptors (Lipinski definition) is 2. The summed E-state index contributed by atoms with van der Waals surface area (Å²) in [6, 6.07) is 5.89. The van der Waals surface area contributed by atoms with Crippen molar-refractivity contribution in [3.8, 4) is 0 Å². The molecular formula is C9H10F3N3S. The number of thioether (sulfide) groups is 1. The average Bonchev–Trinajstić information content (AvgIpc) is 2.14. The first-order chi connectivity index (χ1) is 7.37.